The Balaban J connectivity index is 0.000000181. The largest absolute Gasteiger partial charge is 0.289 e. The highest BCUT2D eigenvalue weighted by atomic mass is 16.1. The normalized spacial score (nSPS) is 10.1. The van der Waals surface area contributed by atoms with Crippen LogP contribution < -0.4 is 0 Å². The first-order valence-electron chi connectivity index (χ1n) is 10.7. The number of benzene rings is 4. The fraction of sp³-hybridized carbons (Fsp3) is 0.133. The summed E-state index contributed by atoms with van der Waals surface area (Å²) >= 11 is 0. The molecule has 0 radical (unpaired) electrons. The predicted molar refractivity (Wildman–Crippen MR) is 132 cm³/mol. The van der Waals surface area contributed by atoms with Crippen LogP contribution in [0.25, 0.3) is 0 Å². The van der Waals surface area contributed by atoms with Crippen LogP contribution in [0.2, 0.25) is 0 Å². The second-order valence-corrected chi connectivity index (χ2v) is 7.99. The van der Waals surface area contributed by atoms with Crippen molar-refractivity contribution in [3.8, 4) is 0 Å². The maximum atomic E-state index is 12.1. The van der Waals surface area contributed by atoms with E-state index in [4.69, 9.17) is 0 Å². The van der Waals surface area contributed by atoms with Crippen LogP contribution in [0, 0.1) is 27.7 Å². The summed E-state index contributed by atoms with van der Waals surface area (Å²) in [7, 11) is 0. The van der Waals surface area contributed by atoms with E-state index >= 15 is 0 Å². The second-order valence-electron chi connectivity index (χ2n) is 7.99. The molecule has 0 heterocycles. The fourth-order valence-corrected chi connectivity index (χ4v) is 3.28. The average Bonchev–Trinajstić information content (AvgIpc) is 2.83. The predicted octanol–water partition coefficient (Wildman–Crippen LogP) is 7.07. The average molecular weight is 421 g/mol. The van der Waals surface area contributed by atoms with Crippen LogP contribution in [0.4, 0.5) is 0 Å². The molecule has 160 valence electrons. The highest BCUT2D eigenvalue weighted by Crippen LogP contribution is 2.15. The van der Waals surface area contributed by atoms with Crippen molar-refractivity contribution in [1.29, 1.82) is 0 Å². The molecule has 32 heavy (non-hydrogen) atoms. The first-order valence-corrected chi connectivity index (χ1v) is 10.7. The van der Waals surface area contributed by atoms with E-state index in [0.29, 0.717) is 0 Å². The van der Waals surface area contributed by atoms with Crippen molar-refractivity contribution < 1.29 is 9.59 Å². The maximum Gasteiger partial charge on any atom is 0.193 e. The summed E-state index contributed by atoms with van der Waals surface area (Å²) in [6.45, 7) is 8.15. The number of hydrogen-bond donors (Lipinski definition) is 0. The van der Waals surface area contributed by atoms with Gasteiger partial charge in [-0.3, -0.25) is 9.59 Å². The van der Waals surface area contributed by atoms with Gasteiger partial charge in [-0.05, 0) is 62.1 Å². The molecule has 4 aromatic rings. The molecule has 0 amide bonds. The van der Waals surface area contributed by atoms with Gasteiger partial charge in [-0.25, -0.2) is 0 Å². The van der Waals surface area contributed by atoms with Crippen LogP contribution in [-0.2, 0) is 0 Å². The van der Waals surface area contributed by atoms with Crippen LogP contribution in [-0.4, -0.2) is 11.6 Å². The van der Waals surface area contributed by atoms with Crippen LogP contribution in [0.5, 0.6) is 0 Å². The summed E-state index contributed by atoms with van der Waals surface area (Å²) in [4.78, 5) is 24.2. The van der Waals surface area contributed by atoms with Gasteiger partial charge in [0.25, 0.3) is 0 Å². The molecule has 0 bridgehead atoms. The lowest BCUT2D eigenvalue weighted by atomic mass is 9.99. The lowest BCUT2D eigenvalue weighted by Crippen LogP contribution is -2.01. The number of hydrogen-bond acceptors (Lipinski definition) is 2. The highest BCUT2D eigenvalue weighted by Gasteiger charge is 2.09. The Hall–Kier alpha value is -3.78. The molecule has 2 heteroatoms. The SMILES string of the molecule is Cc1ccc(C(=O)c2ccccc2)cc1C.Cc1ccc(C(=O)c2ccccc2)cc1C. The van der Waals surface area contributed by atoms with Gasteiger partial charge in [0.1, 0.15) is 0 Å². The zero-order valence-electron chi connectivity index (χ0n) is 19.1. The molecule has 0 aliphatic rings. The molecular weight excluding hydrogens is 392 g/mol. The molecule has 0 N–H and O–H groups in total. The first kappa shape index (κ1) is 22.9. The molecule has 0 unspecified atom stereocenters. The zero-order valence-corrected chi connectivity index (χ0v) is 19.1. The Morgan fingerprint density at radius 2 is 0.750 bits per heavy atom. The van der Waals surface area contributed by atoms with Gasteiger partial charge >= 0.3 is 0 Å². The van der Waals surface area contributed by atoms with Crippen molar-refractivity contribution >= 4 is 11.6 Å². The minimum absolute atomic E-state index is 0.0868. The molecule has 4 rings (SSSR count). The summed E-state index contributed by atoms with van der Waals surface area (Å²) in [5.41, 5.74) is 7.73. The number of carbonyl (C=O) groups is 2. The third kappa shape index (κ3) is 5.67. The Morgan fingerprint density at radius 3 is 1.06 bits per heavy atom. The topological polar surface area (TPSA) is 34.1 Å². The molecule has 0 saturated carbocycles. The van der Waals surface area contributed by atoms with E-state index in [9.17, 15) is 9.59 Å². The Morgan fingerprint density at radius 1 is 0.406 bits per heavy atom. The fourth-order valence-electron chi connectivity index (χ4n) is 3.28. The Kier molecular flexibility index (Phi) is 7.51. The smallest absolute Gasteiger partial charge is 0.193 e. The molecule has 2 nitrogen and oxygen atoms in total. The van der Waals surface area contributed by atoms with Crippen LogP contribution >= 0.6 is 0 Å². The minimum Gasteiger partial charge on any atom is -0.289 e. The van der Waals surface area contributed by atoms with Gasteiger partial charge in [0, 0.05) is 22.3 Å². The van der Waals surface area contributed by atoms with Crippen molar-refractivity contribution in [2.45, 2.75) is 27.7 Å². The van der Waals surface area contributed by atoms with Gasteiger partial charge in [0.2, 0.25) is 0 Å². The lowest BCUT2D eigenvalue weighted by Gasteiger charge is -2.04. The van der Waals surface area contributed by atoms with Gasteiger partial charge in [-0.1, -0.05) is 84.9 Å². The highest BCUT2D eigenvalue weighted by molar-refractivity contribution is 6.09. The standard InChI is InChI=1S/2C15H14O/c2*1-11-8-9-14(10-12(11)2)15(16)13-6-4-3-5-7-13/h2*3-10H,1-2H3. The van der Waals surface area contributed by atoms with Gasteiger partial charge < -0.3 is 0 Å². The molecule has 0 atom stereocenters. The number of carbonyl (C=O) groups excluding carboxylic acids is 2. The summed E-state index contributed by atoms with van der Waals surface area (Å²) < 4.78 is 0. The van der Waals surface area contributed by atoms with Crippen LogP contribution in [0.15, 0.2) is 97.1 Å². The van der Waals surface area contributed by atoms with E-state index in [1.807, 2.05) is 125 Å². The van der Waals surface area contributed by atoms with E-state index in [-0.39, 0.29) is 11.6 Å². The van der Waals surface area contributed by atoms with Gasteiger partial charge in [-0.2, -0.15) is 0 Å². The van der Waals surface area contributed by atoms with E-state index < -0.39 is 0 Å². The van der Waals surface area contributed by atoms with Crippen molar-refractivity contribution in [3.63, 3.8) is 0 Å². The maximum absolute atomic E-state index is 12.1. The van der Waals surface area contributed by atoms with Crippen LogP contribution in [0.1, 0.15) is 54.1 Å². The second kappa shape index (κ2) is 10.5. The van der Waals surface area contributed by atoms with Crippen molar-refractivity contribution in [2.24, 2.45) is 0 Å². The van der Waals surface area contributed by atoms with Crippen molar-refractivity contribution in [3.05, 3.63) is 142 Å². The van der Waals surface area contributed by atoms with Gasteiger partial charge in [-0.15, -0.1) is 0 Å². The number of aryl methyl sites for hydroxylation is 4. The minimum atomic E-state index is 0.0868. The van der Waals surface area contributed by atoms with E-state index in [1.54, 1.807) is 0 Å². The Bertz CT molecular complexity index is 1120. The molecule has 0 aromatic heterocycles. The van der Waals surface area contributed by atoms with Crippen LogP contribution in [0.3, 0.4) is 0 Å². The van der Waals surface area contributed by atoms with Gasteiger partial charge in [0.15, 0.2) is 11.6 Å². The van der Waals surface area contributed by atoms with Crippen molar-refractivity contribution in [2.75, 3.05) is 0 Å². The third-order valence-electron chi connectivity index (χ3n) is 5.61. The number of ketones is 2. The molecule has 4 aromatic carbocycles. The van der Waals surface area contributed by atoms with Gasteiger partial charge in [0.05, 0.1) is 0 Å². The molecule has 0 fully saturated rings. The summed E-state index contributed by atoms with van der Waals surface area (Å²) in [6.07, 6.45) is 0. The summed E-state index contributed by atoms with van der Waals surface area (Å²) in [6, 6.07) is 30.4. The Labute approximate surface area is 190 Å². The summed E-state index contributed by atoms with van der Waals surface area (Å²) in [5, 5.41) is 0. The van der Waals surface area contributed by atoms with Crippen molar-refractivity contribution in [1.82, 2.24) is 0 Å². The molecule has 0 aliphatic heterocycles. The monoisotopic (exact) mass is 420 g/mol. The molecule has 0 saturated heterocycles. The summed E-state index contributed by atoms with van der Waals surface area (Å²) in [5.74, 6) is 0.174. The molecular formula is C30H28O2. The zero-order chi connectivity index (χ0) is 23.1. The first-order chi connectivity index (χ1) is 15.4. The lowest BCUT2D eigenvalue weighted by molar-refractivity contribution is 0.103. The number of rotatable bonds is 4. The third-order valence-corrected chi connectivity index (χ3v) is 5.61. The van der Waals surface area contributed by atoms with E-state index in [0.717, 1.165) is 33.4 Å². The quantitative estimate of drug-likeness (QED) is 0.331. The van der Waals surface area contributed by atoms with E-state index in [2.05, 4.69) is 0 Å². The molecule has 0 spiro atoms. The molecule has 0 aliphatic carbocycles. The van der Waals surface area contributed by atoms with E-state index in [1.165, 1.54) is 11.1 Å².